The van der Waals surface area contributed by atoms with E-state index in [1.54, 1.807) is 24.9 Å². The minimum Gasteiger partial charge on any atom is -0.325 e. The first kappa shape index (κ1) is 16.5. The minimum atomic E-state index is -3.74. The van der Waals surface area contributed by atoms with Crippen molar-refractivity contribution >= 4 is 33.4 Å². The highest BCUT2D eigenvalue weighted by Gasteiger charge is 2.17. The number of aromatic nitrogens is 3. The van der Waals surface area contributed by atoms with E-state index in [1.165, 1.54) is 36.0 Å². The van der Waals surface area contributed by atoms with Crippen molar-refractivity contribution in [2.75, 3.05) is 5.32 Å². The van der Waals surface area contributed by atoms with Crippen molar-refractivity contribution in [3.8, 4) is 0 Å². The van der Waals surface area contributed by atoms with Crippen molar-refractivity contribution in [1.29, 1.82) is 0 Å². The number of nitrogens with two attached hydrogens (primary N) is 1. The average Bonchev–Trinajstić information content (AvgIpc) is 2.84. The Bertz CT molecular complexity index is 770. The first-order valence-electron chi connectivity index (χ1n) is 6.22. The first-order valence-corrected chi connectivity index (χ1v) is 8.64. The van der Waals surface area contributed by atoms with Crippen LogP contribution in [0.5, 0.6) is 0 Å². The molecule has 0 aliphatic carbocycles. The number of benzene rings is 1. The Labute approximate surface area is 132 Å². The van der Waals surface area contributed by atoms with Gasteiger partial charge in [-0.3, -0.25) is 4.79 Å². The SMILES string of the molecule is C[C@H](Sc1nncn1C)C(=O)Nc1ccc(S(N)(=O)=O)cc1. The Kier molecular flexibility index (Phi) is 4.84. The van der Waals surface area contributed by atoms with Crippen molar-refractivity contribution in [2.24, 2.45) is 12.2 Å². The minimum absolute atomic E-state index is 0.00740. The van der Waals surface area contributed by atoms with Crippen LogP contribution in [-0.4, -0.2) is 34.3 Å². The van der Waals surface area contributed by atoms with Crippen molar-refractivity contribution in [1.82, 2.24) is 14.8 Å². The predicted octanol–water partition coefficient (Wildman–Crippen LogP) is 0.582. The largest absolute Gasteiger partial charge is 0.325 e. The lowest BCUT2D eigenvalue weighted by molar-refractivity contribution is -0.115. The highest BCUT2D eigenvalue weighted by Crippen LogP contribution is 2.21. The van der Waals surface area contributed by atoms with Gasteiger partial charge in [0.15, 0.2) is 5.16 Å². The van der Waals surface area contributed by atoms with E-state index >= 15 is 0 Å². The van der Waals surface area contributed by atoms with Gasteiger partial charge in [-0.25, -0.2) is 13.6 Å². The van der Waals surface area contributed by atoms with Gasteiger partial charge >= 0.3 is 0 Å². The maximum absolute atomic E-state index is 12.1. The standard InChI is InChI=1S/C12H15N5O3S2/c1-8(21-12-16-14-7-17(12)2)11(18)15-9-3-5-10(6-4-9)22(13,19)20/h3-8H,1-2H3,(H,15,18)(H2,13,19,20)/t8-/m0/s1. The summed E-state index contributed by atoms with van der Waals surface area (Å²) >= 11 is 1.27. The van der Waals surface area contributed by atoms with Gasteiger partial charge in [0.2, 0.25) is 15.9 Å². The Balaban J connectivity index is 2.01. The van der Waals surface area contributed by atoms with Gasteiger partial charge in [0, 0.05) is 12.7 Å². The lowest BCUT2D eigenvalue weighted by Gasteiger charge is -2.11. The van der Waals surface area contributed by atoms with Crippen LogP contribution in [-0.2, 0) is 21.9 Å². The molecular weight excluding hydrogens is 326 g/mol. The fourth-order valence-electron chi connectivity index (χ4n) is 1.56. The van der Waals surface area contributed by atoms with E-state index in [0.29, 0.717) is 10.8 Å². The third-order valence-corrected chi connectivity index (χ3v) is 4.85. The van der Waals surface area contributed by atoms with E-state index in [4.69, 9.17) is 5.14 Å². The number of aryl methyl sites for hydroxylation is 1. The van der Waals surface area contributed by atoms with Gasteiger partial charge in [-0.2, -0.15) is 0 Å². The van der Waals surface area contributed by atoms with Gasteiger partial charge in [-0.05, 0) is 31.2 Å². The van der Waals surface area contributed by atoms with Crippen LogP contribution >= 0.6 is 11.8 Å². The van der Waals surface area contributed by atoms with Crippen LogP contribution in [0.3, 0.4) is 0 Å². The lowest BCUT2D eigenvalue weighted by Crippen LogP contribution is -2.23. The molecule has 1 heterocycles. The number of primary sulfonamides is 1. The Morgan fingerprint density at radius 1 is 1.36 bits per heavy atom. The van der Waals surface area contributed by atoms with Crippen LogP contribution in [0.15, 0.2) is 40.6 Å². The van der Waals surface area contributed by atoms with Gasteiger partial charge in [0.05, 0.1) is 10.1 Å². The molecule has 0 radical (unpaired) electrons. The third kappa shape index (κ3) is 4.06. The number of sulfonamides is 1. The molecule has 1 aromatic heterocycles. The van der Waals surface area contributed by atoms with Crippen molar-refractivity contribution < 1.29 is 13.2 Å². The Morgan fingerprint density at radius 2 is 2.00 bits per heavy atom. The molecule has 2 rings (SSSR count). The maximum atomic E-state index is 12.1. The highest BCUT2D eigenvalue weighted by atomic mass is 32.2. The molecular formula is C12H15N5O3S2. The topological polar surface area (TPSA) is 120 Å². The molecule has 22 heavy (non-hydrogen) atoms. The molecule has 0 spiro atoms. The molecule has 1 amide bonds. The second kappa shape index (κ2) is 6.46. The molecule has 0 aliphatic rings. The second-order valence-corrected chi connectivity index (χ2v) is 7.41. The number of hydrogen-bond acceptors (Lipinski definition) is 6. The molecule has 3 N–H and O–H groups in total. The quantitative estimate of drug-likeness (QED) is 0.768. The number of hydrogen-bond donors (Lipinski definition) is 2. The monoisotopic (exact) mass is 341 g/mol. The normalized spacial score (nSPS) is 12.9. The molecule has 0 saturated carbocycles. The van der Waals surface area contributed by atoms with Crippen molar-refractivity contribution in [3.63, 3.8) is 0 Å². The number of thioether (sulfide) groups is 1. The van der Waals surface area contributed by atoms with Crippen LogP contribution < -0.4 is 10.5 Å². The Morgan fingerprint density at radius 3 is 2.50 bits per heavy atom. The Hall–Kier alpha value is -1.91. The lowest BCUT2D eigenvalue weighted by atomic mass is 10.3. The van der Waals surface area contributed by atoms with Crippen LogP contribution in [0.1, 0.15) is 6.92 Å². The zero-order valence-electron chi connectivity index (χ0n) is 11.9. The van der Waals surface area contributed by atoms with E-state index in [0.717, 1.165) is 0 Å². The molecule has 2 aromatic rings. The van der Waals surface area contributed by atoms with E-state index in [9.17, 15) is 13.2 Å². The van der Waals surface area contributed by atoms with E-state index in [-0.39, 0.29) is 16.1 Å². The number of rotatable bonds is 5. The summed E-state index contributed by atoms with van der Waals surface area (Å²) in [5, 5.41) is 15.6. The van der Waals surface area contributed by atoms with Crippen LogP contribution in [0.4, 0.5) is 5.69 Å². The fraction of sp³-hybridized carbons (Fsp3) is 0.250. The van der Waals surface area contributed by atoms with E-state index in [2.05, 4.69) is 15.5 Å². The number of anilines is 1. The molecule has 0 aliphatic heterocycles. The molecule has 0 fully saturated rings. The number of amides is 1. The van der Waals surface area contributed by atoms with Gasteiger partial charge in [0.1, 0.15) is 6.33 Å². The predicted molar refractivity (Wildman–Crippen MR) is 82.8 cm³/mol. The summed E-state index contributed by atoms with van der Waals surface area (Å²) in [5.74, 6) is -0.226. The second-order valence-electron chi connectivity index (χ2n) is 4.54. The van der Waals surface area contributed by atoms with Crippen molar-refractivity contribution in [3.05, 3.63) is 30.6 Å². The third-order valence-electron chi connectivity index (χ3n) is 2.77. The zero-order valence-corrected chi connectivity index (χ0v) is 13.6. The maximum Gasteiger partial charge on any atom is 0.238 e. The summed E-state index contributed by atoms with van der Waals surface area (Å²) in [5.41, 5.74) is 0.489. The zero-order chi connectivity index (χ0) is 16.3. The average molecular weight is 341 g/mol. The van der Waals surface area contributed by atoms with E-state index < -0.39 is 10.0 Å². The summed E-state index contributed by atoms with van der Waals surface area (Å²) < 4.78 is 24.0. The molecule has 1 aromatic carbocycles. The van der Waals surface area contributed by atoms with E-state index in [1.807, 2.05) is 0 Å². The summed E-state index contributed by atoms with van der Waals surface area (Å²) in [6, 6.07) is 5.64. The number of nitrogens with one attached hydrogen (secondary N) is 1. The summed E-state index contributed by atoms with van der Waals surface area (Å²) in [7, 11) is -1.95. The molecule has 10 heteroatoms. The summed E-state index contributed by atoms with van der Waals surface area (Å²) in [6.45, 7) is 1.74. The number of carbonyl (C=O) groups is 1. The van der Waals surface area contributed by atoms with Gasteiger partial charge in [0.25, 0.3) is 0 Å². The highest BCUT2D eigenvalue weighted by molar-refractivity contribution is 8.00. The fourth-order valence-corrected chi connectivity index (χ4v) is 2.87. The van der Waals surface area contributed by atoms with Gasteiger partial charge in [-0.15, -0.1) is 10.2 Å². The van der Waals surface area contributed by atoms with Gasteiger partial charge in [-0.1, -0.05) is 11.8 Å². The smallest absolute Gasteiger partial charge is 0.238 e. The van der Waals surface area contributed by atoms with Crippen LogP contribution in [0.2, 0.25) is 0 Å². The van der Waals surface area contributed by atoms with Crippen LogP contribution in [0, 0.1) is 0 Å². The summed E-state index contributed by atoms with van der Waals surface area (Å²) in [4.78, 5) is 12.1. The molecule has 0 bridgehead atoms. The molecule has 0 unspecified atom stereocenters. The van der Waals surface area contributed by atoms with Crippen molar-refractivity contribution in [2.45, 2.75) is 22.2 Å². The molecule has 1 atom stereocenters. The first-order chi connectivity index (χ1) is 10.3. The molecule has 118 valence electrons. The van der Waals surface area contributed by atoms with Crippen LogP contribution in [0.25, 0.3) is 0 Å². The van der Waals surface area contributed by atoms with Gasteiger partial charge < -0.3 is 9.88 Å². The summed E-state index contributed by atoms with van der Waals surface area (Å²) in [6.07, 6.45) is 1.55. The number of nitrogens with zero attached hydrogens (tertiary/aromatic N) is 3. The number of carbonyl (C=O) groups excluding carboxylic acids is 1. The molecule has 8 nitrogen and oxygen atoms in total. The molecule has 0 saturated heterocycles.